The van der Waals surface area contributed by atoms with Crippen LogP contribution in [-0.2, 0) is 6.18 Å². The Morgan fingerprint density at radius 3 is 1.25 bits per heavy atom. The first-order chi connectivity index (χ1) is 24.5. The second-order valence-corrected chi connectivity index (χ2v) is 13.2. The van der Waals surface area contributed by atoms with E-state index >= 15 is 0 Å². The number of benzene rings is 5. The van der Waals surface area contributed by atoms with E-state index in [2.05, 4.69) is 80.1 Å². The molecule has 51 heavy (non-hydrogen) atoms. The van der Waals surface area contributed by atoms with Crippen molar-refractivity contribution in [3.05, 3.63) is 167 Å². The summed E-state index contributed by atoms with van der Waals surface area (Å²) in [6.07, 6.45) is 2.60. The summed E-state index contributed by atoms with van der Waals surface area (Å²) in [7, 11) is 0. The van der Waals surface area contributed by atoms with E-state index < -0.39 is 11.7 Å². The molecule has 2 aromatic heterocycles. The van der Waals surface area contributed by atoms with Gasteiger partial charge < -0.3 is 0 Å². The van der Waals surface area contributed by atoms with Crippen molar-refractivity contribution in [2.24, 2.45) is 0 Å². The van der Waals surface area contributed by atoms with Crippen LogP contribution in [0.2, 0.25) is 0 Å². The summed E-state index contributed by atoms with van der Waals surface area (Å²) < 4.78 is 44.5. The van der Waals surface area contributed by atoms with E-state index in [-0.39, 0.29) is 5.56 Å². The van der Waals surface area contributed by atoms with Gasteiger partial charge in [-0.25, -0.2) is 0 Å². The summed E-state index contributed by atoms with van der Waals surface area (Å²) in [6, 6.07) is 34.6. The largest absolute Gasteiger partial charge is 0.417 e. The third-order valence-corrected chi connectivity index (χ3v) is 9.78. The fourth-order valence-electron chi connectivity index (χ4n) is 7.28. The zero-order valence-corrected chi connectivity index (χ0v) is 29.2. The summed E-state index contributed by atoms with van der Waals surface area (Å²) in [6.45, 7) is 10.3. The number of hydrogen-bond donors (Lipinski definition) is 0. The molecule has 0 amide bonds. The zero-order chi connectivity index (χ0) is 35.9. The molecule has 0 aliphatic heterocycles. The molecule has 0 saturated carbocycles. The van der Waals surface area contributed by atoms with Gasteiger partial charge in [0.25, 0.3) is 0 Å². The molecule has 0 saturated heterocycles. The van der Waals surface area contributed by atoms with Gasteiger partial charge in [0.1, 0.15) is 0 Å². The summed E-state index contributed by atoms with van der Waals surface area (Å²) in [5.74, 6) is 0. The molecule has 252 valence electrons. The van der Waals surface area contributed by atoms with Crippen LogP contribution in [0, 0.1) is 34.6 Å². The minimum atomic E-state index is -4.56. The first-order valence-corrected chi connectivity index (χ1v) is 17.0. The van der Waals surface area contributed by atoms with Crippen LogP contribution < -0.4 is 0 Å². The van der Waals surface area contributed by atoms with Gasteiger partial charge in [-0.1, -0.05) is 66.7 Å². The number of hydrogen-bond acceptors (Lipinski definition) is 2. The van der Waals surface area contributed by atoms with Gasteiger partial charge in [-0.05, 0) is 161 Å². The zero-order valence-electron chi connectivity index (χ0n) is 29.2. The normalized spacial score (nSPS) is 11.5. The van der Waals surface area contributed by atoms with Gasteiger partial charge in [-0.3, -0.25) is 9.97 Å². The Hall–Kier alpha value is -5.81. The van der Waals surface area contributed by atoms with E-state index in [4.69, 9.17) is 0 Å². The number of rotatable bonds is 6. The summed E-state index contributed by atoms with van der Waals surface area (Å²) in [5.41, 5.74) is 14.5. The van der Waals surface area contributed by atoms with Crippen molar-refractivity contribution in [2.75, 3.05) is 0 Å². The standard InChI is InChI=1S/C46H37F3N2/c1-28-12-6-7-15-35(28)41-24-44(40-23-38(30(3)21-32(40)5)34-14-11-19-51-27-34)42(36-16-8-9-17-45(36)46(47,48)49)25-43(41)39-22-37(29(2)20-31(39)4)33-13-10-18-50-26-33/h6-27H,1-5H3. The third-order valence-electron chi connectivity index (χ3n) is 9.78. The van der Waals surface area contributed by atoms with E-state index in [1.54, 1.807) is 24.5 Å². The van der Waals surface area contributed by atoms with Crippen molar-refractivity contribution < 1.29 is 13.2 Å². The lowest BCUT2D eigenvalue weighted by molar-refractivity contribution is -0.137. The number of aryl methyl sites for hydroxylation is 5. The van der Waals surface area contributed by atoms with Crippen LogP contribution in [0.3, 0.4) is 0 Å². The topological polar surface area (TPSA) is 25.8 Å². The minimum absolute atomic E-state index is 0.137. The predicted octanol–water partition coefficient (Wildman–Crippen LogP) is 13.0. The second kappa shape index (κ2) is 13.5. The maximum absolute atomic E-state index is 14.8. The molecule has 0 unspecified atom stereocenters. The van der Waals surface area contributed by atoms with Crippen molar-refractivity contribution in [3.63, 3.8) is 0 Å². The van der Waals surface area contributed by atoms with Gasteiger partial charge in [0.2, 0.25) is 0 Å². The SMILES string of the molecule is Cc1cc(C)c(-c2cc(-c3ccccc3C(F)(F)F)c(-c3cc(-c4cccnc4)c(C)cc3C)cc2-c2ccccc2C)cc1-c1cccnc1. The summed E-state index contributed by atoms with van der Waals surface area (Å²) in [5, 5.41) is 0. The molecule has 2 heterocycles. The molecule has 0 N–H and O–H groups in total. The van der Waals surface area contributed by atoms with Crippen molar-refractivity contribution >= 4 is 0 Å². The maximum Gasteiger partial charge on any atom is 0.417 e. The average Bonchev–Trinajstić information content (AvgIpc) is 3.12. The number of alkyl halides is 3. The fourth-order valence-corrected chi connectivity index (χ4v) is 7.28. The van der Waals surface area contributed by atoms with Gasteiger partial charge in [-0.15, -0.1) is 0 Å². The maximum atomic E-state index is 14.8. The third kappa shape index (κ3) is 6.48. The number of halogens is 3. The number of nitrogens with zero attached hydrogens (tertiary/aromatic N) is 2. The molecule has 0 bridgehead atoms. The predicted molar refractivity (Wildman–Crippen MR) is 203 cm³/mol. The second-order valence-electron chi connectivity index (χ2n) is 13.2. The average molecular weight is 675 g/mol. The van der Waals surface area contributed by atoms with Crippen molar-refractivity contribution in [1.29, 1.82) is 0 Å². The van der Waals surface area contributed by atoms with Crippen molar-refractivity contribution in [1.82, 2.24) is 9.97 Å². The molecule has 0 aliphatic rings. The molecule has 0 radical (unpaired) electrons. The minimum Gasteiger partial charge on any atom is -0.264 e. The van der Waals surface area contributed by atoms with Crippen LogP contribution in [0.5, 0.6) is 0 Å². The Labute approximate surface area is 297 Å². The molecule has 0 atom stereocenters. The smallest absolute Gasteiger partial charge is 0.264 e. The molecule has 7 rings (SSSR count). The Morgan fingerprint density at radius 2 is 0.784 bits per heavy atom. The highest BCUT2D eigenvalue weighted by Crippen LogP contribution is 2.48. The first kappa shape index (κ1) is 33.7. The molecular weight excluding hydrogens is 638 g/mol. The van der Waals surface area contributed by atoms with E-state index in [1.165, 1.54) is 12.1 Å². The number of aromatic nitrogens is 2. The lowest BCUT2D eigenvalue weighted by Crippen LogP contribution is -2.07. The molecule has 0 spiro atoms. The highest BCUT2D eigenvalue weighted by molar-refractivity contribution is 5.98. The van der Waals surface area contributed by atoms with Crippen LogP contribution in [0.25, 0.3) is 66.8 Å². The van der Waals surface area contributed by atoms with Gasteiger partial charge in [0.15, 0.2) is 0 Å². The fraction of sp³-hybridized carbons (Fsp3) is 0.130. The van der Waals surface area contributed by atoms with Gasteiger partial charge in [-0.2, -0.15) is 13.2 Å². The molecule has 7 aromatic rings. The Balaban J connectivity index is 1.63. The van der Waals surface area contributed by atoms with Crippen molar-refractivity contribution in [3.8, 4) is 66.8 Å². The lowest BCUT2D eigenvalue weighted by atomic mass is 9.80. The van der Waals surface area contributed by atoms with Gasteiger partial charge in [0.05, 0.1) is 5.56 Å². The van der Waals surface area contributed by atoms with E-state index in [9.17, 15) is 13.2 Å². The van der Waals surface area contributed by atoms with Crippen LogP contribution in [0.15, 0.2) is 134 Å². The van der Waals surface area contributed by atoms with E-state index in [1.807, 2.05) is 61.8 Å². The molecular formula is C46H37F3N2. The van der Waals surface area contributed by atoms with Crippen LogP contribution in [0.4, 0.5) is 13.2 Å². The number of pyridine rings is 2. The lowest BCUT2D eigenvalue weighted by Gasteiger charge is -2.24. The molecule has 5 heteroatoms. The summed E-state index contributed by atoms with van der Waals surface area (Å²) >= 11 is 0. The highest BCUT2D eigenvalue weighted by atomic mass is 19.4. The van der Waals surface area contributed by atoms with Crippen LogP contribution in [-0.4, -0.2) is 9.97 Å². The Morgan fingerprint density at radius 1 is 0.373 bits per heavy atom. The first-order valence-electron chi connectivity index (χ1n) is 17.0. The Bertz CT molecular complexity index is 2390. The summed E-state index contributed by atoms with van der Waals surface area (Å²) in [4.78, 5) is 8.72. The quantitative estimate of drug-likeness (QED) is 0.175. The molecule has 0 fully saturated rings. The van der Waals surface area contributed by atoms with Crippen molar-refractivity contribution in [2.45, 2.75) is 40.8 Å². The molecule has 2 nitrogen and oxygen atoms in total. The Kier molecular flexibility index (Phi) is 8.90. The van der Waals surface area contributed by atoms with E-state index in [0.717, 1.165) is 83.5 Å². The van der Waals surface area contributed by atoms with E-state index in [0.29, 0.717) is 5.56 Å². The van der Waals surface area contributed by atoms with Crippen LogP contribution in [0.1, 0.15) is 33.4 Å². The van der Waals surface area contributed by atoms with Gasteiger partial charge >= 0.3 is 6.18 Å². The molecule has 5 aromatic carbocycles. The monoisotopic (exact) mass is 674 g/mol. The molecule has 0 aliphatic carbocycles. The van der Waals surface area contributed by atoms with Gasteiger partial charge in [0, 0.05) is 35.9 Å². The van der Waals surface area contributed by atoms with Crippen LogP contribution >= 0.6 is 0 Å². The highest BCUT2D eigenvalue weighted by Gasteiger charge is 2.34.